The highest BCUT2D eigenvalue weighted by molar-refractivity contribution is 7.91. The fourth-order valence-corrected chi connectivity index (χ4v) is 4.35. The number of H-pyrrole nitrogens is 1. The van der Waals surface area contributed by atoms with Crippen LogP contribution in [0.4, 0.5) is 0 Å². The topological polar surface area (TPSA) is 116 Å². The molecule has 1 aliphatic rings. The lowest BCUT2D eigenvalue weighted by atomic mass is 10.2. The summed E-state index contributed by atoms with van der Waals surface area (Å²) >= 11 is 0. The average molecular weight is 396 g/mol. The minimum absolute atomic E-state index is 0.113. The van der Waals surface area contributed by atoms with Crippen LogP contribution in [0, 0.1) is 0 Å². The Kier molecular flexibility index (Phi) is 3.69. The van der Waals surface area contributed by atoms with E-state index in [1.807, 2.05) is 0 Å². The van der Waals surface area contributed by atoms with Gasteiger partial charge in [-0.1, -0.05) is 0 Å². The highest BCUT2D eigenvalue weighted by Gasteiger charge is 2.27. The number of hydrogen-bond donors (Lipinski definition) is 1. The summed E-state index contributed by atoms with van der Waals surface area (Å²) in [5.41, 5.74) is 0.381. The molecule has 10 heteroatoms. The third-order valence-corrected chi connectivity index (χ3v) is 6.52. The summed E-state index contributed by atoms with van der Waals surface area (Å²) in [6.45, 7) is 0.235. The molecule has 9 nitrogen and oxygen atoms in total. The summed E-state index contributed by atoms with van der Waals surface area (Å²) < 4.78 is 28.9. The molecule has 3 heterocycles. The van der Waals surface area contributed by atoms with Crippen LogP contribution in [0.25, 0.3) is 10.8 Å². The lowest BCUT2D eigenvalue weighted by Gasteiger charge is -2.06. The van der Waals surface area contributed by atoms with E-state index >= 15 is 0 Å². The minimum Gasteiger partial charge on any atom is -0.285 e. The lowest BCUT2D eigenvalue weighted by Crippen LogP contribution is -2.23. The van der Waals surface area contributed by atoms with Crippen molar-refractivity contribution in [1.29, 1.82) is 0 Å². The predicted octanol–water partition coefficient (Wildman–Crippen LogP) is 1.53. The second-order valence-corrected chi connectivity index (χ2v) is 8.76. The first-order valence-electron chi connectivity index (χ1n) is 8.80. The summed E-state index contributed by atoms with van der Waals surface area (Å²) in [4.78, 5) is 12.9. The zero-order chi connectivity index (χ0) is 19.3. The normalized spacial score (nSPS) is 14.6. The quantitative estimate of drug-likeness (QED) is 0.547. The van der Waals surface area contributed by atoms with Crippen molar-refractivity contribution in [3.8, 4) is 0 Å². The van der Waals surface area contributed by atoms with Crippen LogP contribution in [0.5, 0.6) is 0 Å². The van der Waals surface area contributed by atoms with Gasteiger partial charge in [0.2, 0.25) is 9.84 Å². The molecule has 0 atom stereocenters. The van der Waals surface area contributed by atoms with Crippen LogP contribution < -0.4 is 5.56 Å². The van der Waals surface area contributed by atoms with Crippen molar-refractivity contribution in [3.05, 3.63) is 65.1 Å². The van der Waals surface area contributed by atoms with Crippen molar-refractivity contribution in [3.63, 3.8) is 0 Å². The molecule has 28 heavy (non-hydrogen) atoms. The van der Waals surface area contributed by atoms with Gasteiger partial charge in [-0.15, -0.1) is 0 Å². The number of fused-ring (bicyclic) bond motifs is 1. The standard InChI is InChI=1S/C18H16N6O3S/c25-18-17-4-3-15(28(26,27)16-9-21-23(11-16)14-1-2-14)7-12(17)8-20-24(18)10-13-5-6-19-22-13/h3-9,11,14H,1-2,10H2,(H,19,22). The van der Waals surface area contributed by atoms with Crippen LogP contribution in [0.2, 0.25) is 0 Å². The van der Waals surface area contributed by atoms with Gasteiger partial charge in [0.05, 0.1) is 41.0 Å². The second-order valence-electron chi connectivity index (χ2n) is 6.81. The van der Waals surface area contributed by atoms with E-state index in [0.29, 0.717) is 22.5 Å². The highest BCUT2D eigenvalue weighted by atomic mass is 32.2. The van der Waals surface area contributed by atoms with Crippen molar-refractivity contribution in [1.82, 2.24) is 29.8 Å². The Balaban J connectivity index is 1.53. The summed E-state index contributed by atoms with van der Waals surface area (Å²) in [7, 11) is -3.71. The SMILES string of the molecule is O=c1c2ccc(S(=O)(=O)c3cnn(C4CC4)c3)cc2cnn1Cc1cc[nH]n1. The number of sulfone groups is 1. The number of nitrogens with zero attached hydrogens (tertiary/aromatic N) is 5. The molecular formula is C18H16N6O3S. The number of benzene rings is 1. The van der Waals surface area contributed by atoms with Crippen LogP contribution in [-0.4, -0.2) is 38.2 Å². The van der Waals surface area contributed by atoms with Crippen LogP contribution in [-0.2, 0) is 16.4 Å². The summed E-state index contributed by atoms with van der Waals surface area (Å²) in [5, 5.41) is 15.9. The maximum absolute atomic E-state index is 12.9. The van der Waals surface area contributed by atoms with E-state index in [9.17, 15) is 13.2 Å². The molecule has 0 bridgehead atoms. The van der Waals surface area contributed by atoms with Crippen LogP contribution in [0.3, 0.4) is 0 Å². The molecule has 1 aromatic carbocycles. The lowest BCUT2D eigenvalue weighted by molar-refractivity contribution is 0.595. The van der Waals surface area contributed by atoms with Gasteiger partial charge in [-0.25, -0.2) is 13.1 Å². The largest absolute Gasteiger partial charge is 0.285 e. The van der Waals surface area contributed by atoms with Crippen molar-refractivity contribution in [2.24, 2.45) is 0 Å². The van der Waals surface area contributed by atoms with Crippen LogP contribution in [0.15, 0.2) is 63.6 Å². The summed E-state index contributed by atoms with van der Waals surface area (Å²) in [6, 6.07) is 6.52. The Morgan fingerprint density at radius 2 is 1.96 bits per heavy atom. The van der Waals surface area contributed by atoms with Crippen LogP contribution >= 0.6 is 0 Å². The first-order valence-corrected chi connectivity index (χ1v) is 10.3. The van der Waals surface area contributed by atoms with Crippen molar-refractivity contribution >= 4 is 20.6 Å². The number of hydrogen-bond acceptors (Lipinski definition) is 6. The molecule has 1 N–H and O–H groups in total. The van der Waals surface area contributed by atoms with E-state index in [1.54, 1.807) is 23.1 Å². The molecule has 0 unspecified atom stereocenters. The number of aromatic nitrogens is 6. The second kappa shape index (κ2) is 6.13. The van der Waals surface area contributed by atoms with Gasteiger partial charge in [0.15, 0.2) is 0 Å². The van der Waals surface area contributed by atoms with Gasteiger partial charge in [0, 0.05) is 17.8 Å². The molecule has 0 radical (unpaired) electrons. The molecule has 142 valence electrons. The molecule has 1 saturated carbocycles. The Labute approximate surface area is 159 Å². The smallest absolute Gasteiger partial charge is 0.274 e. The molecule has 0 amide bonds. The third-order valence-electron chi connectivity index (χ3n) is 4.81. The Morgan fingerprint density at radius 3 is 2.71 bits per heavy atom. The Bertz CT molecular complexity index is 1330. The fourth-order valence-electron chi connectivity index (χ4n) is 3.11. The van der Waals surface area contributed by atoms with Gasteiger partial charge >= 0.3 is 0 Å². The summed E-state index contributed by atoms with van der Waals surface area (Å²) in [6.07, 6.45) is 8.15. The maximum atomic E-state index is 12.9. The third kappa shape index (κ3) is 2.82. The Morgan fingerprint density at radius 1 is 1.11 bits per heavy atom. The first kappa shape index (κ1) is 16.9. The Hall–Kier alpha value is -3.27. The number of aromatic amines is 1. The average Bonchev–Trinajstić information content (AvgIpc) is 3.18. The van der Waals surface area contributed by atoms with Crippen molar-refractivity contribution in [2.45, 2.75) is 35.2 Å². The molecule has 5 rings (SSSR count). The van der Waals surface area contributed by atoms with Crippen molar-refractivity contribution < 1.29 is 8.42 Å². The van der Waals surface area contributed by atoms with Gasteiger partial charge in [-0.2, -0.15) is 15.3 Å². The zero-order valence-corrected chi connectivity index (χ0v) is 15.5. The van der Waals surface area contributed by atoms with Gasteiger partial charge in [-0.3, -0.25) is 14.6 Å². The van der Waals surface area contributed by atoms with E-state index in [0.717, 1.165) is 12.8 Å². The molecule has 1 aliphatic carbocycles. The summed E-state index contributed by atoms with van der Waals surface area (Å²) in [5.74, 6) is 0. The van der Waals surface area contributed by atoms with Gasteiger partial charge in [0.25, 0.3) is 5.56 Å². The van der Waals surface area contributed by atoms with E-state index in [2.05, 4.69) is 20.4 Å². The minimum atomic E-state index is -3.71. The van der Waals surface area contributed by atoms with E-state index in [-0.39, 0.29) is 21.9 Å². The number of rotatable bonds is 5. The molecule has 0 spiro atoms. The number of nitrogens with one attached hydrogen (secondary N) is 1. The fraction of sp³-hybridized carbons (Fsp3) is 0.222. The monoisotopic (exact) mass is 396 g/mol. The first-order chi connectivity index (χ1) is 13.5. The molecule has 0 aliphatic heterocycles. The van der Waals surface area contributed by atoms with Crippen LogP contribution in [0.1, 0.15) is 24.6 Å². The van der Waals surface area contributed by atoms with E-state index < -0.39 is 9.84 Å². The zero-order valence-electron chi connectivity index (χ0n) is 14.7. The highest BCUT2D eigenvalue weighted by Crippen LogP contribution is 2.35. The van der Waals surface area contributed by atoms with Gasteiger partial charge in [-0.05, 0) is 37.1 Å². The predicted molar refractivity (Wildman–Crippen MR) is 99.6 cm³/mol. The molecule has 3 aromatic heterocycles. The van der Waals surface area contributed by atoms with Gasteiger partial charge in [0.1, 0.15) is 4.90 Å². The van der Waals surface area contributed by atoms with Gasteiger partial charge < -0.3 is 0 Å². The molecule has 1 fully saturated rings. The van der Waals surface area contributed by atoms with Crippen molar-refractivity contribution in [2.75, 3.05) is 0 Å². The van der Waals surface area contributed by atoms with E-state index in [4.69, 9.17) is 0 Å². The molecule has 4 aromatic rings. The molecule has 0 saturated heterocycles. The maximum Gasteiger partial charge on any atom is 0.274 e. The van der Waals surface area contributed by atoms with E-state index in [1.165, 1.54) is 35.3 Å². The molecular weight excluding hydrogens is 380 g/mol.